The highest BCUT2D eigenvalue weighted by molar-refractivity contribution is 5.88. The van der Waals surface area contributed by atoms with Gasteiger partial charge < -0.3 is 19.7 Å². The molecule has 0 rings (SSSR count). The molecule has 0 aliphatic carbocycles. The van der Waals surface area contributed by atoms with Crippen molar-refractivity contribution in [2.45, 2.75) is 64.2 Å². The van der Waals surface area contributed by atoms with Crippen molar-refractivity contribution >= 4 is 23.9 Å². The van der Waals surface area contributed by atoms with Crippen LogP contribution in [0, 0.1) is 0 Å². The van der Waals surface area contributed by atoms with Crippen LogP contribution in [-0.2, 0) is 28.7 Å². The van der Waals surface area contributed by atoms with Gasteiger partial charge in [-0.05, 0) is 51.4 Å². The van der Waals surface area contributed by atoms with Crippen LogP contribution in [0.1, 0.15) is 64.2 Å². The lowest BCUT2D eigenvalue weighted by atomic mass is 10.1. The maximum Gasteiger partial charge on any atom is 0.333 e. The van der Waals surface area contributed by atoms with Gasteiger partial charge in [-0.3, -0.25) is 9.59 Å². The van der Waals surface area contributed by atoms with Crippen LogP contribution in [0.3, 0.4) is 0 Å². The molecule has 0 aliphatic heterocycles. The lowest BCUT2D eigenvalue weighted by Gasteiger charge is -2.08. The Labute approximate surface area is 165 Å². The van der Waals surface area contributed by atoms with E-state index in [4.69, 9.17) is 19.7 Å². The fourth-order valence-corrected chi connectivity index (χ4v) is 2.20. The molecule has 0 radical (unpaired) electrons. The predicted molar refractivity (Wildman–Crippen MR) is 102 cm³/mol. The number of unbranched alkanes of at least 4 members (excludes halogenated alkanes) is 3. The summed E-state index contributed by atoms with van der Waals surface area (Å²) in [6.07, 6.45) is 4.25. The second-order valence-electron chi connectivity index (χ2n) is 6.39. The van der Waals surface area contributed by atoms with Crippen molar-refractivity contribution in [3.8, 4) is 0 Å². The van der Waals surface area contributed by atoms with E-state index in [9.17, 15) is 19.2 Å². The third-order valence-corrected chi connectivity index (χ3v) is 3.82. The Morgan fingerprint density at radius 2 is 0.929 bits per heavy atom. The largest absolute Gasteiger partial charge is 0.481 e. The smallest absolute Gasteiger partial charge is 0.333 e. The Kier molecular flexibility index (Phi) is 14.0. The number of carboxylic acid groups (broad SMARTS) is 2. The molecule has 0 unspecified atom stereocenters. The summed E-state index contributed by atoms with van der Waals surface area (Å²) in [5, 5.41) is 17.1. The Morgan fingerprint density at radius 3 is 1.25 bits per heavy atom. The van der Waals surface area contributed by atoms with Crippen molar-refractivity contribution in [1.29, 1.82) is 0 Å². The summed E-state index contributed by atoms with van der Waals surface area (Å²) in [4.78, 5) is 44.1. The van der Waals surface area contributed by atoms with Gasteiger partial charge >= 0.3 is 23.9 Å². The first-order chi connectivity index (χ1) is 13.2. The molecular weight excluding hydrogens is 368 g/mol. The van der Waals surface area contributed by atoms with Crippen LogP contribution in [-0.4, -0.2) is 47.3 Å². The maximum absolute atomic E-state index is 11.6. The topological polar surface area (TPSA) is 127 Å². The number of carbonyl (C=O) groups is 4. The van der Waals surface area contributed by atoms with Crippen LogP contribution >= 0.6 is 0 Å². The molecule has 158 valence electrons. The van der Waals surface area contributed by atoms with E-state index in [2.05, 4.69) is 13.2 Å². The lowest BCUT2D eigenvalue weighted by molar-refractivity contribution is -0.140. The summed E-state index contributed by atoms with van der Waals surface area (Å²) in [6.45, 7) is 7.71. The summed E-state index contributed by atoms with van der Waals surface area (Å²) >= 11 is 0. The molecule has 0 heterocycles. The summed E-state index contributed by atoms with van der Waals surface area (Å²) in [5.41, 5.74) is 0.550. The van der Waals surface area contributed by atoms with Crippen molar-refractivity contribution in [2.24, 2.45) is 0 Å². The molecule has 0 fully saturated rings. The SMILES string of the molecule is C=C(CCCC(=O)O)C(=O)OCCCCCCOC(=O)C(=C)CCCC(=O)O. The fraction of sp³-hybridized carbons (Fsp3) is 0.600. The van der Waals surface area contributed by atoms with E-state index in [1.807, 2.05) is 0 Å². The molecule has 0 aromatic carbocycles. The molecular formula is C20H30O8. The van der Waals surface area contributed by atoms with E-state index >= 15 is 0 Å². The summed E-state index contributed by atoms with van der Waals surface area (Å²) in [5.74, 6) is -2.81. The molecule has 0 saturated heterocycles. The lowest BCUT2D eigenvalue weighted by Crippen LogP contribution is -2.10. The first-order valence-corrected chi connectivity index (χ1v) is 9.37. The molecule has 0 amide bonds. The van der Waals surface area contributed by atoms with Crippen molar-refractivity contribution in [3.05, 3.63) is 24.3 Å². The molecule has 0 aromatic rings. The van der Waals surface area contributed by atoms with Crippen LogP contribution in [0.4, 0.5) is 0 Å². The third-order valence-electron chi connectivity index (χ3n) is 3.82. The molecule has 0 saturated carbocycles. The van der Waals surface area contributed by atoms with Gasteiger partial charge in [-0.1, -0.05) is 13.2 Å². The van der Waals surface area contributed by atoms with E-state index < -0.39 is 23.9 Å². The Hall–Kier alpha value is -2.64. The van der Waals surface area contributed by atoms with Crippen molar-refractivity contribution in [3.63, 3.8) is 0 Å². The minimum Gasteiger partial charge on any atom is -0.481 e. The molecule has 2 N–H and O–H groups in total. The molecule has 0 bridgehead atoms. The number of aliphatic carboxylic acids is 2. The van der Waals surface area contributed by atoms with Gasteiger partial charge in [0, 0.05) is 24.0 Å². The van der Waals surface area contributed by atoms with E-state index in [0.717, 1.165) is 12.8 Å². The monoisotopic (exact) mass is 398 g/mol. The van der Waals surface area contributed by atoms with Gasteiger partial charge in [0.2, 0.25) is 0 Å². The molecule has 0 aliphatic rings. The van der Waals surface area contributed by atoms with Gasteiger partial charge in [0.1, 0.15) is 0 Å². The molecule has 0 spiro atoms. The zero-order valence-corrected chi connectivity index (χ0v) is 16.2. The Bertz CT molecular complexity index is 515. The van der Waals surface area contributed by atoms with Gasteiger partial charge in [-0.25, -0.2) is 9.59 Å². The minimum absolute atomic E-state index is 0.00739. The van der Waals surface area contributed by atoms with Crippen LogP contribution in [0.2, 0.25) is 0 Å². The standard InChI is InChI=1S/C20H30O8/c1-15(9-7-11-17(21)22)19(25)27-13-5-3-4-6-14-28-20(26)16(2)10-8-12-18(23)24/h1-14H2,(H,21,22)(H,23,24). The van der Waals surface area contributed by atoms with Crippen molar-refractivity contribution in [2.75, 3.05) is 13.2 Å². The number of carbonyl (C=O) groups excluding carboxylic acids is 2. The number of hydrogen-bond donors (Lipinski definition) is 2. The zero-order chi connectivity index (χ0) is 21.4. The predicted octanol–water partition coefficient (Wildman–Crippen LogP) is 3.26. The Balaban J connectivity index is 3.60. The second kappa shape index (κ2) is 15.4. The zero-order valence-electron chi connectivity index (χ0n) is 16.2. The number of carboxylic acids is 2. The van der Waals surface area contributed by atoms with E-state index in [1.165, 1.54) is 0 Å². The first-order valence-electron chi connectivity index (χ1n) is 9.37. The molecule has 28 heavy (non-hydrogen) atoms. The average Bonchev–Trinajstić information content (AvgIpc) is 2.62. The molecule has 0 aromatic heterocycles. The average molecular weight is 398 g/mol. The quantitative estimate of drug-likeness (QED) is 0.217. The van der Waals surface area contributed by atoms with Gasteiger partial charge in [-0.15, -0.1) is 0 Å². The van der Waals surface area contributed by atoms with Gasteiger partial charge in [0.05, 0.1) is 13.2 Å². The highest BCUT2D eigenvalue weighted by atomic mass is 16.5. The van der Waals surface area contributed by atoms with Gasteiger partial charge in [-0.2, -0.15) is 0 Å². The number of esters is 2. The summed E-state index contributed by atoms with van der Waals surface area (Å²) in [6, 6.07) is 0. The number of rotatable bonds is 17. The van der Waals surface area contributed by atoms with E-state index in [0.29, 0.717) is 38.5 Å². The van der Waals surface area contributed by atoms with Crippen LogP contribution in [0.25, 0.3) is 0 Å². The molecule has 8 heteroatoms. The summed E-state index contributed by atoms with van der Waals surface area (Å²) in [7, 11) is 0. The highest BCUT2D eigenvalue weighted by Gasteiger charge is 2.10. The summed E-state index contributed by atoms with van der Waals surface area (Å²) < 4.78 is 10.1. The minimum atomic E-state index is -0.908. The second-order valence-corrected chi connectivity index (χ2v) is 6.39. The van der Waals surface area contributed by atoms with E-state index in [1.54, 1.807) is 0 Å². The number of hydrogen-bond acceptors (Lipinski definition) is 6. The highest BCUT2D eigenvalue weighted by Crippen LogP contribution is 2.10. The van der Waals surface area contributed by atoms with Gasteiger partial charge in [0.25, 0.3) is 0 Å². The molecule has 0 atom stereocenters. The van der Waals surface area contributed by atoms with Crippen molar-refractivity contribution in [1.82, 2.24) is 0 Å². The van der Waals surface area contributed by atoms with Crippen LogP contribution < -0.4 is 0 Å². The van der Waals surface area contributed by atoms with Gasteiger partial charge in [0.15, 0.2) is 0 Å². The normalized spacial score (nSPS) is 10.1. The van der Waals surface area contributed by atoms with Crippen LogP contribution in [0.5, 0.6) is 0 Å². The van der Waals surface area contributed by atoms with Crippen LogP contribution in [0.15, 0.2) is 24.3 Å². The fourth-order valence-electron chi connectivity index (χ4n) is 2.20. The molecule has 8 nitrogen and oxygen atoms in total. The van der Waals surface area contributed by atoms with Crippen molar-refractivity contribution < 1.29 is 38.9 Å². The third kappa shape index (κ3) is 14.5. The Morgan fingerprint density at radius 1 is 0.571 bits per heavy atom. The first kappa shape index (κ1) is 25.4. The number of ether oxygens (including phenoxy) is 2. The van der Waals surface area contributed by atoms with E-state index in [-0.39, 0.29) is 37.2 Å². The maximum atomic E-state index is 11.6.